The molecule has 2 aromatic rings. The Bertz CT molecular complexity index is 641. The van der Waals surface area contributed by atoms with Gasteiger partial charge in [-0.1, -0.05) is 6.92 Å². The van der Waals surface area contributed by atoms with Crippen LogP contribution in [0.1, 0.15) is 34.1 Å². The fourth-order valence-corrected chi connectivity index (χ4v) is 3.95. The summed E-state index contributed by atoms with van der Waals surface area (Å²) in [5.41, 5.74) is 2.13. The van der Waals surface area contributed by atoms with Crippen LogP contribution in [0.4, 0.5) is 5.95 Å². The quantitative estimate of drug-likeness (QED) is 0.832. The average molecular weight is 316 g/mol. The Kier molecular flexibility index (Phi) is 4.68. The summed E-state index contributed by atoms with van der Waals surface area (Å²) in [7, 11) is 0. The molecular formula is C16H20N4OS. The van der Waals surface area contributed by atoms with Gasteiger partial charge in [0.1, 0.15) is 0 Å². The lowest BCUT2D eigenvalue weighted by Crippen LogP contribution is -2.29. The predicted octanol–water partition coefficient (Wildman–Crippen LogP) is 2.50. The lowest BCUT2D eigenvalue weighted by molar-refractivity contribution is 0.0954. The Morgan fingerprint density at radius 3 is 3.00 bits per heavy atom. The van der Waals surface area contributed by atoms with Crippen molar-refractivity contribution in [1.29, 1.82) is 0 Å². The minimum atomic E-state index is 0.0304. The van der Waals surface area contributed by atoms with Crippen molar-refractivity contribution < 1.29 is 4.79 Å². The maximum absolute atomic E-state index is 12.3. The van der Waals surface area contributed by atoms with E-state index < -0.39 is 0 Å². The molecule has 0 bridgehead atoms. The highest BCUT2D eigenvalue weighted by atomic mass is 32.1. The number of thiophene rings is 1. The number of amides is 1. The summed E-state index contributed by atoms with van der Waals surface area (Å²) in [6, 6.07) is 1.77. The zero-order chi connectivity index (χ0) is 15.4. The molecule has 1 aliphatic carbocycles. The zero-order valence-electron chi connectivity index (χ0n) is 12.6. The molecule has 6 heteroatoms. The number of anilines is 1. The predicted molar refractivity (Wildman–Crippen MR) is 88.4 cm³/mol. The van der Waals surface area contributed by atoms with Gasteiger partial charge in [0.2, 0.25) is 5.95 Å². The van der Waals surface area contributed by atoms with Gasteiger partial charge in [-0.05, 0) is 36.8 Å². The Morgan fingerprint density at radius 2 is 2.18 bits per heavy atom. The number of carbonyl (C=O) groups is 1. The van der Waals surface area contributed by atoms with Crippen molar-refractivity contribution >= 4 is 23.2 Å². The SMILES string of the molecule is CC1CCc2c(C(=O)NCCNc3ncccn3)csc2C1. The first-order valence-corrected chi connectivity index (χ1v) is 8.50. The number of carbonyl (C=O) groups excluding carboxylic acids is 1. The molecule has 2 N–H and O–H groups in total. The van der Waals surface area contributed by atoms with Gasteiger partial charge in [0.25, 0.3) is 5.91 Å². The van der Waals surface area contributed by atoms with Gasteiger partial charge >= 0.3 is 0 Å². The summed E-state index contributed by atoms with van der Waals surface area (Å²) >= 11 is 1.72. The maximum atomic E-state index is 12.3. The van der Waals surface area contributed by atoms with Crippen LogP contribution in [0.25, 0.3) is 0 Å². The third-order valence-electron chi connectivity index (χ3n) is 3.91. The van der Waals surface area contributed by atoms with Gasteiger partial charge in [-0.15, -0.1) is 11.3 Å². The van der Waals surface area contributed by atoms with Crippen molar-refractivity contribution in [2.75, 3.05) is 18.4 Å². The number of nitrogens with zero attached hydrogens (tertiary/aromatic N) is 2. The van der Waals surface area contributed by atoms with Crippen LogP contribution < -0.4 is 10.6 Å². The lowest BCUT2D eigenvalue weighted by Gasteiger charge is -2.18. The third kappa shape index (κ3) is 3.44. The molecule has 2 heterocycles. The van der Waals surface area contributed by atoms with Crippen molar-refractivity contribution in [3.8, 4) is 0 Å². The van der Waals surface area contributed by atoms with Crippen molar-refractivity contribution in [3.63, 3.8) is 0 Å². The molecule has 5 nitrogen and oxygen atoms in total. The average Bonchev–Trinajstić information content (AvgIpc) is 2.95. The molecule has 0 aromatic carbocycles. The van der Waals surface area contributed by atoms with E-state index in [9.17, 15) is 4.79 Å². The molecule has 1 unspecified atom stereocenters. The van der Waals surface area contributed by atoms with Crippen LogP contribution in [0, 0.1) is 5.92 Å². The summed E-state index contributed by atoms with van der Waals surface area (Å²) in [6.07, 6.45) is 6.69. The van der Waals surface area contributed by atoms with Gasteiger partial charge < -0.3 is 10.6 Å². The first-order chi connectivity index (χ1) is 10.7. The largest absolute Gasteiger partial charge is 0.352 e. The molecule has 2 aromatic heterocycles. The van der Waals surface area contributed by atoms with Crippen LogP contribution in [0.15, 0.2) is 23.8 Å². The van der Waals surface area contributed by atoms with Gasteiger partial charge in [0.15, 0.2) is 0 Å². The van der Waals surface area contributed by atoms with Crippen LogP contribution in [-0.2, 0) is 12.8 Å². The van der Waals surface area contributed by atoms with Crippen LogP contribution in [0.3, 0.4) is 0 Å². The van der Waals surface area contributed by atoms with E-state index in [4.69, 9.17) is 0 Å². The fraction of sp³-hybridized carbons (Fsp3) is 0.438. The number of fused-ring (bicyclic) bond motifs is 1. The Hall–Kier alpha value is -1.95. The smallest absolute Gasteiger partial charge is 0.252 e. The van der Waals surface area contributed by atoms with Crippen molar-refractivity contribution in [2.24, 2.45) is 5.92 Å². The number of aromatic nitrogens is 2. The topological polar surface area (TPSA) is 66.9 Å². The van der Waals surface area contributed by atoms with Gasteiger partial charge in [0.05, 0.1) is 5.56 Å². The minimum absolute atomic E-state index is 0.0304. The van der Waals surface area contributed by atoms with E-state index in [0.29, 0.717) is 19.0 Å². The molecular weight excluding hydrogens is 296 g/mol. The van der Waals surface area contributed by atoms with Gasteiger partial charge in [0, 0.05) is 35.7 Å². The molecule has 0 saturated carbocycles. The van der Waals surface area contributed by atoms with E-state index in [1.54, 1.807) is 29.8 Å². The Balaban J connectivity index is 1.50. The van der Waals surface area contributed by atoms with E-state index in [-0.39, 0.29) is 5.91 Å². The normalized spacial score (nSPS) is 16.9. The summed E-state index contributed by atoms with van der Waals surface area (Å²) in [5.74, 6) is 1.35. The van der Waals surface area contributed by atoms with E-state index in [0.717, 1.165) is 24.3 Å². The molecule has 0 saturated heterocycles. The standard InChI is InChI=1S/C16H20N4OS/c1-11-3-4-12-13(10-22-14(12)9-11)15(21)17-7-8-20-16-18-5-2-6-19-16/h2,5-6,10-11H,3-4,7-9H2,1H3,(H,17,21)(H,18,19,20). The summed E-state index contributed by atoms with van der Waals surface area (Å²) in [4.78, 5) is 21.8. The number of hydrogen-bond donors (Lipinski definition) is 2. The Morgan fingerprint density at radius 1 is 1.36 bits per heavy atom. The maximum Gasteiger partial charge on any atom is 0.252 e. The third-order valence-corrected chi connectivity index (χ3v) is 4.96. The number of nitrogens with one attached hydrogen (secondary N) is 2. The molecule has 0 fully saturated rings. The van der Waals surface area contributed by atoms with Crippen molar-refractivity contribution in [3.05, 3.63) is 39.8 Å². The number of rotatable bonds is 5. The van der Waals surface area contributed by atoms with Crippen molar-refractivity contribution in [1.82, 2.24) is 15.3 Å². The lowest BCUT2D eigenvalue weighted by atomic mass is 9.88. The molecule has 3 rings (SSSR count). The molecule has 22 heavy (non-hydrogen) atoms. The monoisotopic (exact) mass is 316 g/mol. The highest BCUT2D eigenvalue weighted by molar-refractivity contribution is 7.10. The Labute approximate surface area is 134 Å². The summed E-state index contributed by atoms with van der Waals surface area (Å²) in [5, 5.41) is 8.05. The molecule has 1 amide bonds. The first-order valence-electron chi connectivity index (χ1n) is 7.62. The molecule has 0 radical (unpaired) electrons. The van der Waals surface area contributed by atoms with Crippen LogP contribution in [0.5, 0.6) is 0 Å². The van der Waals surface area contributed by atoms with E-state index in [1.165, 1.54) is 16.9 Å². The number of hydrogen-bond acceptors (Lipinski definition) is 5. The summed E-state index contributed by atoms with van der Waals surface area (Å²) < 4.78 is 0. The second-order valence-electron chi connectivity index (χ2n) is 5.65. The van der Waals surface area contributed by atoms with E-state index >= 15 is 0 Å². The summed E-state index contributed by atoms with van der Waals surface area (Å²) in [6.45, 7) is 3.44. The molecule has 0 aliphatic heterocycles. The van der Waals surface area contributed by atoms with Crippen LogP contribution in [0.2, 0.25) is 0 Å². The van der Waals surface area contributed by atoms with Gasteiger partial charge in [-0.25, -0.2) is 9.97 Å². The van der Waals surface area contributed by atoms with E-state index in [2.05, 4.69) is 27.5 Å². The van der Waals surface area contributed by atoms with E-state index in [1.807, 2.05) is 5.38 Å². The van der Waals surface area contributed by atoms with Crippen molar-refractivity contribution in [2.45, 2.75) is 26.2 Å². The van der Waals surface area contributed by atoms with Gasteiger partial charge in [-0.3, -0.25) is 4.79 Å². The molecule has 116 valence electrons. The first kappa shape index (κ1) is 15.0. The fourth-order valence-electron chi connectivity index (χ4n) is 2.70. The second kappa shape index (κ2) is 6.87. The molecule has 1 atom stereocenters. The second-order valence-corrected chi connectivity index (χ2v) is 6.62. The van der Waals surface area contributed by atoms with Gasteiger partial charge in [-0.2, -0.15) is 0 Å². The molecule has 0 spiro atoms. The van der Waals surface area contributed by atoms with Crippen LogP contribution >= 0.6 is 11.3 Å². The zero-order valence-corrected chi connectivity index (χ0v) is 13.4. The molecule has 1 aliphatic rings. The highest BCUT2D eigenvalue weighted by Crippen LogP contribution is 2.32. The van der Waals surface area contributed by atoms with Crippen LogP contribution in [-0.4, -0.2) is 29.0 Å². The highest BCUT2D eigenvalue weighted by Gasteiger charge is 2.22. The minimum Gasteiger partial charge on any atom is -0.352 e.